The zero-order chi connectivity index (χ0) is 17.6. The third-order valence-electron chi connectivity index (χ3n) is 3.26. The maximum absolute atomic E-state index is 12.4. The number of Topliss-reactive ketones (excluding diaryl/α,β-unsaturated/α-hetero) is 1. The van der Waals surface area contributed by atoms with Crippen LogP contribution in [-0.2, 0) is 9.59 Å². The van der Waals surface area contributed by atoms with Gasteiger partial charge in [-0.3, -0.25) is 9.59 Å². The Balaban J connectivity index is 4.38. The molecule has 22 heavy (non-hydrogen) atoms. The van der Waals surface area contributed by atoms with E-state index in [0.717, 1.165) is 12.8 Å². The highest BCUT2D eigenvalue weighted by Crippen LogP contribution is 2.20. The molecule has 0 bridgehead atoms. The first kappa shape index (κ1) is 21.1. The summed E-state index contributed by atoms with van der Waals surface area (Å²) in [7, 11) is 0. The van der Waals surface area contributed by atoms with E-state index in [4.69, 9.17) is 0 Å². The van der Waals surface area contributed by atoms with Gasteiger partial charge in [-0.15, -0.1) is 0 Å². The van der Waals surface area contributed by atoms with E-state index in [1.165, 1.54) is 0 Å². The van der Waals surface area contributed by atoms with Gasteiger partial charge >= 0.3 is 0 Å². The van der Waals surface area contributed by atoms with E-state index in [0.29, 0.717) is 13.0 Å². The van der Waals surface area contributed by atoms with Gasteiger partial charge in [0.05, 0.1) is 6.04 Å². The van der Waals surface area contributed by atoms with Crippen molar-refractivity contribution >= 4 is 11.7 Å². The molecule has 0 aromatic heterocycles. The summed E-state index contributed by atoms with van der Waals surface area (Å²) in [5.74, 6) is 0.324. The minimum absolute atomic E-state index is 0.00838. The molecule has 0 aliphatic rings. The predicted octanol–water partition coefficient (Wildman–Crippen LogP) is 3.30. The molecule has 130 valence electrons. The molecule has 0 aliphatic heterocycles. The Bertz CT molecular complexity index is 362. The van der Waals surface area contributed by atoms with Crippen molar-refractivity contribution in [2.24, 2.45) is 10.8 Å². The lowest BCUT2D eigenvalue weighted by atomic mass is 9.86. The molecule has 1 amide bonds. The van der Waals surface area contributed by atoms with Crippen molar-refractivity contribution in [3.63, 3.8) is 0 Å². The van der Waals surface area contributed by atoms with Crippen LogP contribution in [0.5, 0.6) is 0 Å². The topological polar surface area (TPSA) is 58.2 Å². The summed E-state index contributed by atoms with van der Waals surface area (Å²) >= 11 is 0. The number of hydrogen-bond acceptors (Lipinski definition) is 3. The van der Waals surface area contributed by atoms with Gasteiger partial charge in [-0.1, -0.05) is 55.4 Å². The molecule has 2 N–H and O–H groups in total. The Morgan fingerprint density at radius 3 is 1.95 bits per heavy atom. The van der Waals surface area contributed by atoms with Crippen molar-refractivity contribution in [1.29, 1.82) is 0 Å². The Hall–Kier alpha value is -0.900. The van der Waals surface area contributed by atoms with Crippen molar-refractivity contribution < 1.29 is 9.59 Å². The van der Waals surface area contributed by atoms with Crippen LogP contribution in [0.2, 0.25) is 0 Å². The summed E-state index contributed by atoms with van der Waals surface area (Å²) in [6, 6.07) is 0.156. The molecule has 1 atom stereocenters. The van der Waals surface area contributed by atoms with Gasteiger partial charge in [-0.25, -0.2) is 0 Å². The standard InChI is InChI=1S/C18H36N2O2/c1-13(2)20-14(15(21)12-17(3,4)5)10-9-11-19-16(22)18(6,7)8/h13-14,20H,9-12H2,1-8H3,(H,19,22). The van der Waals surface area contributed by atoms with Crippen LogP contribution < -0.4 is 10.6 Å². The molecule has 0 aromatic rings. The number of rotatable bonds is 8. The van der Waals surface area contributed by atoms with Crippen molar-refractivity contribution in [3.8, 4) is 0 Å². The Kier molecular flexibility index (Phi) is 8.30. The van der Waals surface area contributed by atoms with E-state index in [9.17, 15) is 9.59 Å². The maximum atomic E-state index is 12.4. The highest BCUT2D eigenvalue weighted by Gasteiger charge is 2.24. The van der Waals surface area contributed by atoms with Crippen LogP contribution in [0.1, 0.15) is 74.7 Å². The number of ketones is 1. The van der Waals surface area contributed by atoms with E-state index in [2.05, 4.69) is 45.3 Å². The van der Waals surface area contributed by atoms with Crippen molar-refractivity contribution in [3.05, 3.63) is 0 Å². The first-order chi connectivity index (χ1) is 9.83. The number of carbonyl (C=O) groups excluding carboxylic acids is 2. The second-order valence-electron chi connectivity index (χ2n) is 8.73. The smallest absolute Gasteiger partial charge is 0.225 e. The highest BCUT2D eigenvalue weighted by atomic mass is 16.2. The van der Waals surface area contributed by atoms with E-state index in [1.54, 1.807) is 0 Å². The summed E-state index contributed by atoms with van der Waals surface area (Å²) < 4.78 is 0. The highest BCUT2D eigenvalue weighted by molar-refractivity contribution is 5.84. The van der Waals surface area contributed by atoms with Gasteiger partial charge < -0.3 is 10.6 Å². The molecule has 4 heteroatoms. The molecular weight excluding hydrogens is 276 g/mol. The van der Waals surface area contributed by atoms with Gasteiger partial charge in [0, 0.05) is 24.4 Å². The monoisotopic (exact) mass is 312 g/mol. The maximum Gasteiger partial charge on any atom is 0.225 e. The molecule has 0 radical (unpaired) electrons. The average molecular weight is 312 g/mol. The first-order valence-corrected chi connectivity index (χ1v) is 8.40. The fraction of sp³-hybridized carbons (Fsp3) is 0.889. The molecule has 0 aliphatic carbocycles. The van der Waals surface area contributed by atoms with Crippen LogP contribution in [-0.4, -0.2) is 30.3 Å². The van der Waals surface area contributed by atoms with Crippen LogP contribution in [0.3, 0.4) is 0 Å². The van der Waals surface area contributed by atoms with Crippen LogP contribution in [0.25, 0.3) is 0 Å². The molecule has 0 saturated heterocycles. The molecule has 0 heterocycles. The van der Waals surface area contributed by atoms with Crippen molar-refractivity contribution in [1.82, 2.24) is 10.6 Å². The lowest BCUT2D eigenvalue weighted by Gasteiger charge is -2.25. The Morgan fingerprint density at radius 1 is 1.00 bits per heavy atom. The molecule has 4 nitrogen and oxygen atoms in total. The fourth-order valence-corrected chi connectivity index (χ4v) is 2.16. The van der Waals surface area contributed by atoms with Crippen molar-refractivity contribution in [2.45, 2.75) is 86.7 Å². The van der Waals surface area contributed by atoms with Crippen molar-refractivity contribution in [2.75, 3.05) is 6.54 Å². The van der Waals surface area contributed by atoms with Crippen LogP contribution in [0, 0.1) is 10.8 Å². The molecule has 0 fully saturated rings. The molecule has 0 rings (SSSR count). The van der Waals surface area contributed by atoms with E-state index < -0.39 is 0 Å². The fourth-order valence-electron chi connectivity index (χ4n) is 2.16. The second-order valence-corrected chi connectivity index (χ2v) is 8.73. The zero-order valence-corrected chi connectivity index (χ0v) is 15.8. The van der Waals surface area contributed by atoms with Crippen LogP contribution in [0.4, 0.5) is 0 Å². The normalized spacial score (nSPS) is 14.0. The van der Waals surface area contributed by atoms with Gasteiger partial charge in [-0.05, 0) is 18.3 Å². The SMILES string of the molecule is CC(C)NC(CCCNC(=O)C(C)(C)C)C(=O)CC(C)(C)C. The summed E-state index contributed by atoms with van der Waals surface area (Å²) in [6.45, 7) is 16.7. The predicted molar refractivity (Wildman–Crippen MR) is 92.8 cm³/mol. The molecule has 0 spiro atoms. The van der Waals surface area contributed by atoms with Gasteiger partial charge in [0.15, 0.2) is 0 Å². The van der Waals surface area contributed by atoms with E-state index in [1.807, 2.05) is 20.8 Å². The van der Waals surface area contributed by atoms with Gasteiger partial charge in [-0.2, -0.15) is 0 Å². The Morgan fingerprint density at radius 2 is 1.55 bits per heavy atom. The average Bonchev–Trinajstić information content (AvgIpc) is 2.28. The number of hydrogen-bond donors (Lipinski definition) is 2. The lowest BCUT2D eigenvalue weighted by Crippen LogP contribution is -2.43. The number of nitrogens with one attached hydrogen (secondary N) is 2. The van der Waals surface area contributed by atoms with E-state index in [-0.39, 0.29) is 34.6 Å². The second kappa shape index (κ2) is 8.66. The quantitative estimate of drug-likeness (QED) is 0.676. The lowest BCUT2D eigenvalue weighted by molar-refractivity contribution is -0.128. The summed E-state index contributed by atoms with van der Waals surface area (Å²) in [6.07, 6.45) is 2.14. The minimum Gasteiger partial charge on any atom is -0.356 e. The molecular formula is C18H36N2O2. The minimum atomic E-state index is -0.363. The van der Waals surface area contributed by atoms with Crippen LogP contribution >= 0.6 is 0 Å². The number of amides is 1. The zero-order valence-electron chi connectivity index (χ0n) is 15.8. The van der Waals surface area contributed by atoms with Crippen LogP contribution in [0.15, 0.2) is 0 Å². The third kappa shape index (κ3) is 9.93. The molecule has 1 unspecified atom stereocenters. The summed E-state index contributed by atoms with van der Waals surface area (Å²) in [5.41, 5.74) is -0.355. The summed E-state index contributed by atoms with van der Waals surface area (Å²) in [5, 5.41) is 6.30. The van der Waals surface area contributed by atoms with Gasteiger partial charge in [0.1, 0.15) is 5.78 Å². The first-order valence-electron chi connectivity index (χ1n) is 8.40. The molecule has 0 saturated carbocycles. The third-order valence-corrected chi connectivity index (χ3v) is 3.26. The Labute approximate surface area is 136 Å². The summed E-state index contributed by atoms with van der Waals surface area (Å²) in [4.78, 5) is 24.2. The number of carbonyl (C=O) groups is 2. The van der Waals surface area contributed by atoms with Gasteiger partial charge in [0.25, 0.3) is 0 Å². The van der Waals surface area contributed by atoms with E-state index >= 15 is 0 Å². The van der Waals surface area contributed by atoms with Gasteiger partial charge in [0.2, 0.25) is 5.91 Å². The largest absolute Gasteiger partial charge is 0.356 e. The molecule has 0 aromatic carbocycles.